The lowest BCUT2D eigenvalue weighted by atomic mass is 9.82. The first-order chi connectivity index (χ1) is 7.99. The molecule has 1 fully saturated rings. The minimum absolute atomic E-state index is 0.124. The van der Waals surface area contributed by atoms with Crippen LogP contribution in [0.1, 0.15) is 47.0 Å². The van der Waals surface area contributed by atoms with Crippen molar-refractivity contribution in [2.75, 3.05) is 19.8 Å². The molecule has 1 rings (SSSR count). The second-order valence-corrected chi connectivity index (χ2v) is 6.10. The van der Waals surface area contributed by atoms with Crippen LogP contribution in [0.25, 0.3) is 0 Å². The van der Waals surface area contributed by atoms with E-state index in [1.807, 2.05) is 6.92 Å². The van der Waals surface area contributed by atoms with E-state index in [0.29, 0.717) is 12.7 Å². The van der Waals surface area contributed by atoms with Crippen molar-refractivity contribution in [3.8, 4) is 0 Å². The predicted octanol–water partition coefficient (Wildman–Crippen LogP) is 2.19. The second kappa shape index (κ2) is 6.72. The summed E-state index contributed by atoms with van der Waals surface area (Å²) >= 11 is 0. The maximum Gasteiger partial charge on any atom is 0.0671 e. The standard InChI is InChI=1S/C14H29NO2/c1-5-15-14(4,9-16)10-17-13-7-11(2)6-12(3)8-13/h11-13,15-16H,5-10H2,1-4H3. The molecule has 1 aliphatic carbocycles. The third-order valence-electron chi connectivity index (χ3n) is 3.73. The van der Waals surface area contributed by atoms with E-state index in [1.165, 1.54) is 6.42 Å². The molecule has 0 saturated heterocycles. The van der Waals surface area contributed by atoms with Crippen LogP contribution in [-0.2, 0) is 4.74 Å². The maximum atomic E-state index is 9.41. The number of hydrogen-bond acceptors (Lipinski definition) is 3. The lowest BCUT2D eigenvalue weighted by Gasteiger charge is -2.35. The zero-order chi connectivity index (χ0) is 12.9. The highest BCUT2D eigenvalue weighted by Gasteiger charge is 2.28. The molecule has 1 aliphatic rings. The van der Waals surface area contributed by atoms with Gasteiger partial charge in [0.05, 0.1) is 24.9 Å². The van der Waals surface area contributed by atoms with Gasteiger partial charge in [-0.15, -0.1) is 0 Å². The van der Waals surface area contributed by atoms with Crippen molar-refractivity contribution in [2.24, 2.45) is 11.8 Å². The van der Waals surface area contributed by atoms with Crippen LogP contribution in [0.3, 0.4) is 0 Å². The molecule has 1 saturated carbocycles. The quantitative estimate of drug-likeness (QED) is 0.751. The average Bonchev–Trinajstić information content (AvgIpc) is 2.26. The molecule has 0 aliphatic heterocycles. The van der Waals surface area contributed by atoms with Gasteiger partial charge in [-0.2, -0.15) is 0 Å². The summed E-state index contributed by atoms with van der Waals surface area (Å²) in [6.45, 7) is 10.3. The number of ether oxygens (including phenoxy) is 1. The Hall–Kier alpha value is -0.120. The maximum absolute atomic E-state index is 9.41. The monoisotopic (exact) mass is 243 g/mol. The van der Waals surface area contributed by atoms with Gasteiger partial charge in [0.1, 0.15) is 0 Å². The number of hydrogen-bond donors (Lipinski definition) is 2. The Morgan fingerprint density at radius 1 is 1.24 bits per heavy atom. The SMILES string of the molecule is CCNC(C)(CO)COC1CC(C)CC(C)C1. The average molecular weight is 243 g/mol. The zero-order valence-corrected chi connectivity index (χ0v) is 11.8. The van der Waals surface area contributed by atoms with Gasteiger partial charge < -0.3 is 15.2 Å². The zero-order valence-electron chi connectivity index (χ0n) is 11.8. The summed E-state index contributed by atoms with van der Waals surface area (Å²) in [6, 6.07) is 0. The highest BCUT2D eigenvalue weighted by atomic mass is 16.5. The van der Waals surface area contributed by atoms with Gasteiger partial charge in [-0.3, -0.25) is 0 Å². The molecule has 3 nitrogen and oxygen atoms in total. The van der Waals surface area contributed by atoms with Crippen molar-refractivity contribution in [2.45, 2.75) is 58.6 Å². The lowest BCUT2D eigenvalue weighted by molar-refractivity contribution is -0.0361. The fourth-order valence-corrected chi connectivity index (χ4v) is 2.89. The van der Waals surface area contributed by atoms with Crippen molar-refractivity contribution in [1.82, 2.24) is 5.32 Å². The predicted molar refractivity (Wildman–Crippen MR) is 71.1 cm³/mol. The molecule has 17 heavy (non-hydrogen) atoms. The fraction of sp³-hybridized carbons (Fsp3) is 1.00. The molecule has 3 unspecified atom stereocenters. The first kappa shape index (κ1) is 14.9. The highest BCUT2D eigenvalue weighted by molar-refractivity contribution is 4.83. The third kappa shape index (κ3) is 4.94. The number of nitrogens with one attached hydrogen (secondary N) is 1. The van der Waals surface area contributed by atoms with Gasteiger partial charge >= 0.3 is 0 Å². The van der Waals surface area contributed by atoms with E-state index in [4.69, 9.17) is 4.74 Å². The molecule has 3 atom stereocenters. The summed E-state index contributed by atoms with van der Waals surface area (Å²) < 4.78 is 6.01. The number of aliphatic hydroxyl groups is 1. The third-order valence-corrected chi connectivity index (χ3v) is 3.73. The summed E-state index contributed by atoms with van der Waals surface area (Å²) in [4.78, 5) is 0. The number of rotatable bonds is 6. The van der Waals surface area contributed by atoms with Crippen molar-refractivity contribution in [3.63, 3.8) is 0 Å². The number of aliphatic hydroxyl groups excluding tert-OH is 1. The van der Waals surface area contributed by atoms with Gasteiger partial charge in [0.2, 0.25) is 0 Å². The summed E-state index contributed by atoms with van der Waals surface area (Å²) in [5.41, 5.74) is -0.293. The van der Waals surface area contributed by atoms with Gasteiger partial charge in [-0.05, 0) is 44.6 Å². The topological polar surface area (TPSA) is 41.5 Å². The van der Waals surface area contributed by atoms with Crippen LogP contribution < -0.4 is 5.32 Å². The minimum Gasteiger partial charge on any atom is -0.394 e. The molecule has 0 spiro atoms. The number of likely N-dealkylation sites (N-methyl/N-ethyl adjacent to an activating group) is 1. The Bertz CT molecular complexity index is 212. The summed E-state index contributed by atoms with van der Waals surface area (Å²) in [5.74, 6) is 1.53. The van der Waals surface area contributed by atoms with Crippen LogP contribution in [0.5, 0.6) is 0 Å². The van der Waals surface area contributed by atoms with Gasteiger partial charge in [0, 0.05) is 0 Å². The van der Waals surface area contributed by atoms with E-state index in [0.717, 1.165) is 31.2 Å². The van der Waals surface area contributed by atoms with E-state index in [9.17, 15) is 5.11 Å². The molecular formula is C14H29NO2. The highest BCUT2D eigenvalue weighted by Crippen LogP contribution is 2.30. The summed E-state index contributed by atoms with van der Waals surface area (Å²) in [5, 5.41) is 12.7. The lowest BCUT2D eigenvalue weighted by Crippen LogP contribution is -2.50. The van der Waals surface area contributed by atoms with E-state index < -0.39 is 0 Å². The van der Waals surface area contributed by atoms with Gasteiger partial charge in [0.15, 0.2) is 0 Å². The van der Waals surface area contributed by atoms with Crippen LogP contribution in [0, 0.1) is 11.8 Å². The Labute approximate surface area is 106 Å². The molecule has 3 heteroatoms. The smallest absolute Gasteiger partial charge is 0.0671 e. The van der Waals surface area contributed by atoms with Gasteiger partial charge in [-0.1, -0.05) is 20.8 Å². The van der Waals surface area contributed by atoms with Crippen LogP contribution in [0.4, 0.5) is 0 Å². The molecule has 102 valence electrons. The van der Waals surface area contributed by atoms with Crippen LogP contribution >= 0.6 is 0 Å². The second-order valence-electron chi connectivity index (χ2n) is 6.10. The molecule has 0 aromatic carbocycles. The van der Waals surface area contributed by atoms with E-state index in [-0.39, 0.29) is 12.1 Å². The van der Waals surface area contributed by atoms with Crippen molar-refractivity contribution in [1.29, 1.82) is 0 Å². The summed E-state index contributed by atoms with van der Waals surface area (Å²) in [6.07, 6.45) is 4.03. The van der Waals surface area contributed by atoms with Crippen molar-refractivity contribution >= 4 is 0 Å². The van der Waals surface area contributed by atoms with Gasteiger partial charge in [0.25, 0.3) is 0 Å². The van der Waals surface area contributed by atoms with Crippen LogP contribution in [0.2, 0.25) is 0 Å². The first-order valence-corrected chi connectivity index (χ1v) is 6.96. The Kier molecular flexibility index (Phi) is 5.90. The molecule has 0 amide bonds. The Balaban J connectivity index is 2.38. The molecule has 0 aromatic rings. The molecule has 2 N–H and O–H groups in total. The van der Waals surface area contributed by atoms with Crippen LogP contribution in [-0.4, -0.2) is 36.5 Å². The summed E-state index contributed by atoms with van der Waals surface area (Å²) in [7, 11) is 0. The molecular weight excluding hydrogens is 214 g/mol. The van der Waals surface area contributed by atoms with E-state index in [2.05, 4.69) is 26.1 Å². The van der Waals surface area contributed by atoms with Crippen molar-refractivity contribution < 1.29 is 9.84 Å². The normalized spacial score (nSPS) is 33.4. The Morgan fingerprint density at radius 3 is 2.29 bits per heavy atom. The largest absolute Gasteiger partial charge is 0.394 e. The van der Waals surface area contributed by atoms with Crippen molar-refractivity contribution in [3.05, 3.63) is 0 Å². The fourth-order valence-electron chi connectivity index (χ4n) is 2.89. The van der Waals surface area contributed by atoms with Gasteiger partial charge in [-0.25, -0.2) is 0 Å². The molecule has 0 aromatic heterocycles. The molecule has 0 heterocycles. The van der Waals surface area contributed by atoms with Crippen LogP contribution in [0.15, 0.2) is 0 Å². The molecule has 0 bridgehead atoms. The minimum atomic E-state index is -0.293. The molecule has 0 radical (unpaired) electrons. The van der Waals surface area contributed by atoms with E-state index >= 15 is 0 Å². The van der Waals surface area contributed by atoms with E-state index in [1.54, 1.807) is 0 Å². The Morgan fingerprint density at radius 2 is 1.82 bits per heavy atom. The first-order valence-electron chi connectivity index (χ1n) is 6.96.